The molecule has 1 aliphatic rings. The highest BCUT2D eigenvalue weighted by Crippen LogP contribution is 2.35. The number of nitrogens with one attached hydrogen (secondary N) is 1. The van der Waals surface area contributed by atoms with E-state index in [0.717, 1.165) is 12.1 Å². The van der Waals surface area contributed by atoms with E-state index in [2.05, 4.69) is 5.32 Å². The van der Waals surface area contributed by atoms with E-state index in [1.165, 1.54) is 6.08 Å². The Morgan fingerprint density at radius 2 is 1.86 bits per heavy atom. The van der Waals surface area contributed by atoms with Crippen molar-refractivity contribution in [3.8, 4) is 0 Å². The van der Waals surface area contributed by atoms with Gasteiger partial charge in [-0.2, -0.15) is 0 Å². The second-order valence-corrected chi connectivity index (χ2v) is 5.34. The number of rotatable bonds is 1. The number of hydrogen-bond donors (Lipinski definition) is 1. The smallest absolute Gasteiger partial charge is 0.256 e. The number of halogens is 4. The zero-order chi connectivity index (χ0) is 15.1. The molecule has 1 amide bonds. The van der Waals surface area contributed by atoms with Crippen LogP contribution in [0, 0.1) is 11.6 Å². The van der Waals surface area contributed by atoms with E-state index in [-0.39, 0.29) is 16.2 Å². The van der Waals surface area contributed by atoms with Crippen molar-refractivity contribution >= 4 is 46.4 Å². The molecule has 0 radical (unpaired) electrons. The minimum Gasteiger partial charge on any atom is -0.321 e. The number of hydrogen-bond acceptors (Lipinski definition) is 1. The summed E-state index contributed by atoms with van der Waals surface area (Å²) < 4.78 is 27.2. The largest absolute Gasteiger partial charge is 0.321 e. The third-order valence-corrected chi connectivity index (χ3v) is 3.60. The fraction of sp³-hybridized carbons (Fsp3) is 0. The molecule has 0 saturated carbocycles. The summed E-state index contributed by atoms with van der Waals surface area (Å²) >= 11 is 11.4. The molecule has 2 nitrogen and oxygen atoms in total. The lowest BCUT2D eigenvalue weighted by atomic mass is 10.0. The van der Waals surface area contributed by atoms with Crippen LogP contribution in [0.4, 0.5) is 14.5 Å². The molecule has 0 bridgehead atoms. The summed E-state index contributed by atoms with van der Waals surface area (Å²) in [6.07, 6.45) is 1.26. The number of carbonyl (C=O) groups excluding carboxylic acids is 1. The molecule has 0 spiro atoms. The van der Waals surface area contributed by atoms with Gasteiger partial charge in [0.25, 0.3) is 5.91 Å². The average Bonchev–Trinajstić information content (AvgIpc) is 2.71. The lowest BCUT2D eigenvalue weighted by molar-refractivity contribution is -0.110. The van der Waals surface area contributed by atoms with Gasteiger partial charge in [0, 0.05) is 21.7 Å². The second kappa shape index (κ2) is 5.13. The van der Waals surface area contributed by atoms with Crippen LogP contribution < -0.4 is 5.32 Å². The van der Waals surface area contributed by atoms with Crippen molar-refractivity contribution in [2.45, 2.75) is 0 Å². The molecule has 0 saturated heterocycles. The topological polar surface area (TPSA) is 29.1 Å². The number of carbonyl (C=O) groups is 1. The van der Waals surface area contributed by atoms with Gasteiger partial charge >= 0.3 is 0 Å². The summed E-state index contributed by atoms with van der Waals surface area (Å²) in [5.74, 6) is -1.86. The van der Waals surface area contributed by atoms with Gasteiger partial charge in [0.2, 0.25) is 0 Å². The maximum Gasteiger partial charge on any atom is 0.256 e. The quantitative estimate of drug-likeness (QED) is 0.594. The Kier molecular flexibility index (Phi) is 3.43. The van der Waals surface area contributed by atoms with Crippen molar-refractivity contribution in [1.82, 2.24) is 0 Å². The van der Waals surface area contributed by atoms with Crippen molar-refractivity contribution in [3.63, 3.8) is 0 Å². The lowest BCUT2D eigenvalue weighted by Crippen LogP contribution is -2.03. The van der Waals surface area contributed by atoms with Crippen LogP contribution in [-0.4, -0.2) is 5.91 Å². The maximum absolute atomic E-state index is 13.9. The second-order valence-electron chi connectivity index (χ2n) is 4.49. The fourth-order valence-corrected chi connectivity index (χ4v) is 2.53. The molecule has 0 atom stereocenters. The summed E-state index contributed by atoms with van der Waals surface area (Å²) in [4.78, 5) is 12.0. The van der Waals surface area contributed by atoms with E-state index in [1.807, 2.05) is 0 Å². The van der Waals surface area contributed by atoms with E-state index in [1.54, 1.807) is 18.2 Å². The predicted octanol–water partition coefficient (Wildman–Crippen LogP) is 4.76. The van der Waals surface area contributed by atoms with E-state index in [9.17, 15) is 13.6 Å². The third kappa shape index (κ3) is 2.52. The summed E-state index contributed by atoms with van der Waals surface area (Å²) in [5, 5.41) is 2.75. The van der Waals surface area contributed by atoms with Gasteiger partial charge in [-0.05, 0) is 30.3 Å². The molecular formula is C15H7Cl2F2NO. The van der Waals surface area contributed by atoms with Crippen LogP contribution in [-0.2, 0) is 4.79 Å². The van der Waals surface area contributed by atoms with Gasteiger partial charge in [-0.15, -0.1) is 0 Å². The summed E-state index contributed by atoms with van der Waals surface area (Å²) in [6.45, 7) is 0. The van der Waals surface area contributed by atoms with Crippen molar-refractivity contribution in [2.75, 3.05) is 5.32 Å². The molecule has 0 aromatic heterocycles. The molecule has 0 unspecified atom stereocenters. The van der Waals surface area contributed by atoms with Crippen molar-refractivity contribution in [3.05, 3.63) is 63.1 Å². The van der Waals surface area contributed by atoms with E-state index in [4.69, 9.17) is 23.2 Å². The van der Waals surface area contributed by atoms with E-state index < -0.39 is 17.5 Å². The van der Waals surface area contributed by atoms with E-state index in [0.29, 0.717) is 16.3 Å². The van der Waals surface area contributed by atoms with Crippen molar-refractivity contribution in [1.29, 1.82) is 0 Å². The molecule has 3 rings (SSSR count). The zero-order valence-electron chi connectivity index (χ0n) is 10.4. The number of fused-ring (bicyclic) bond motifs is 1. The lowest BCUT2D eigenvalue weighted by Gasteiger charge is -2.02. The first kappa shape index (κ1) is 14.0. The van der Waals surface area contributed by atoms with Crippen LogP contribution >= 0.6 is 23.2 Å². The molecule has 2 aromatic rings. The average molecular weight is 326 g/mol. The first-order valence-electron chi connectivity index (χ1n) is 5.93. The monoisotopic (exact) mass is 325 g/mol. The van der Waals surface area contributed by atoms with Gasteiger partial charge < -0.3 is 5.32 Å². The summed E-state index contributed by atoms with van der Waals surface area (Å²) in [6, 6.07) is 6.70. The molecule has 6 heteroatoms. The Bertz CT molecular complexity index is 803. The predicted molar refractivity (Wildman–Crippen MR) is 79.3 cm³/mol. The van der Waals surface area contributed by atoms with Crippen molar-refractivity contribution in [2.24, 2.45) is 0 Å². The van der Waals surface area contributed by atoms with Crippen LogP contribution in [0.1, 0.15) is 11.1 Å². The van der Waals surface area contributed by atoms with Gasteiger partial charge in [-0.1, -0.05) is 29.3 Å². The van der Waals surface area contributed by atoms with Gasteiger partial charge in [0.1, 0.15) is 11.6 Å². The Morgan fingerprint density at radius 1 is 1.10 bits per heavy atom. The molecule has 1 heterocycles. The first-order valence-corrected chi connectivity index (χ1v) is 6.69. The fourth-order valence-electron chi connectivity index (χ4n) is 2.15. The molecule has 0 aliphatic carbocycles. The normalized spacial score (nSPS) is 15.2. The molecule has 2 aromatic carbocycles. The van der Waals surface area contributed by atoms with Gasteiger partial charge in [0.05, 0.1) is 10.7 Å². The number of anilines is 1. The minimum absolute atomic E-state index is 0.0899. The standard InChI is InChI=1S/C15H7Cl2F2NO/c16-8-1-2-10-11(15(21)20-13(10)5-8)4-7-3-9(18)6-12(17)14(7)19/h1-6H,(H,20,21)/b11-4+. The molecule has 1 aliphatic heterocycles. The van der Waals surface area contributed by atoms with Crippen LogP contribution in [0.5, 0.6) is 0 Å². The SMILES string of the molecule is O=C1Nc2cc(Cl)ccc2/C1=C\c1cc(F)cc(Cl)c1F. The van der Waals surface area contributed by atoms with Crippen LogP contribution in [0.3, 0.4) is 0 Å². The van der Waals surface area contributed by atoms with Gasteiger partial charge in [-0.25, -0.2) is 8.78 Å². The van der Waals surface area contributed by atoms with E-state index >= 15 is 0 Å². The number of amides is 1. The Hall–Kier alpha value is -1.91. The highest BCUT2D eigenvalue weighted by molar-refractivity contribution is 6.36. The van der Waals surface area contributed by atoms with Crippen molar-refractivity contribution < 1.29 is 13.6 Å². The Balaban J connectivity index is 2.16. The third-order valence-electron chi connectivity index (χ3n) is 3.09. The van der Waals surface area contributed by atoms with Gasteiger partial charge in [-0.3, -0.25) is 4.79 Å². The molecule has 0 fully saturated rings. The highest BCUT2D eigenvalue weighted by Gasteiger charge is 2.24. The number of benzene rings is 2. The van der Waals surface area contributed by atoms with Crippen LogP contribution in [0.25, 0.3) is 11.6 Å². The molecule has 21 heavy (non-hydrogen) atoms. The Morgan fingerprint density at radius 3 is 2.62 bits per heavy atom. The minimum atomic E-state index is -0.777. The molecule has 106 valence electrons. The van der Waals surface area contributed by atoms with Crippen LogP contribution in [0.2, 0.25) is 10.0 Å². The van der Waals surface area contributed by atoms with Gasteiger partial charge in [0.15, 0.2) is 0 Å². The molecular weight excluding hydrogens is 319 g/mol. The highest BCUT2D eigenvalue weighted by atomic mass is 35.5. The zero-order valence-corrected chi connectivity index (χ0v) is 11.9. The summed E-state index contributed by atoms with van der Waals surface area (Å²) in [5.41, 5.74) is 1.24. The summed E-state index contributed by atoms with van der Waals surface area (Å²) in [7, 11) is 0. The Labute approximate surface area is 129 Å². The van der Waals surface area contributed by atoms with Crippen LogP contribution in [0.15, 0.2) is 30.3 Å². The molecule has 1 N–H and O–H groups in total. The first-order chi connectivity index (χ1) is 9.95. The maximum atomic E-state index is 13.9.